The van der Waals surface area contributed by atoms with E-state index in [0.717, 1.165) is 0 Å². The van der Waals surface area contributed by atoms with E-state index in [1.807, 2.05) is 12.4 Å². The second-order valence-electron chi connectivity index (χ2n) is 10.8. The van der Waals surface area contributed by atoms with Crippen molar-refractivity contribution in [2.24, 2.45) is 11.8 Å². The molecule has 3 aliphatic carbocycles. The molecule has 182 valence electrons. The quantitative estimate of drug-likeness (QED) is 0.234. The first-order valence-electron chi connectivity index (χ1n) is 13.6. The van der Waals surface area contributed by atoms with Crippen molar-refractivity contribution in [2.45, 2.75) is 0 Å². The maximum absolute atomic E-state index is 4.36. The van der Waals surface area contributed by atoms with Gasteiger partial charge in [-0.2, -0.15) is 0 Å². The van der Waals surface area contributed by atoms with Crippen LogP contribution in [0.15, 0.2) is 134 Å². The van der Waals surface area contributed by atoms with E-state index < -0.39 is 0 Å². The number of fused-ring (bicyclic) bond motifs is 7. The van der Waals surface area contributed by atoms with Crippen LogP contribution in [0, 0.1) is 11.8 Å². The van der Waals surface area contributed by atoms with Gasteiger partial charge in [0.05, 0.1) is 11.0 Å². The third-order valence-electron chi connectivity index (χ3n) is 8.84. The van der Waals surface area contributed by atoms with Gasteiger partial charge in [0.25, 0.3) is 0 Å². The Bertz CT molecular complexity index is 2130. The van der Waals surface area contributed by atoms with E-state index in [-0.39, 0.29) is 0 Å². The fourth-order valence-corrected chi connectivity index (χ4v) is 7.17. The number of aromatic nitrogens is 2. The first-order valence-corrected chi connectivity index (χ1v) is 13.6. The average molecular weight is 497 g/mol. The van der Waals surface area contributed by atoms with Crippen molar-refractivity contribution in [3.63, 3.8) is 0 Å². The second kappa shape index (κ2) is 7.78. The number of hydrogen-bond acceptors (Lipinski definition) is 1. The van der Waals surface area contributed by atoms with Gasteiger partial charge >= 0.3 is 0 Å². The molecule has 6 aromatic rings. The first-order chi connectivity index (χ1) is 19.3. The van der Waals surface area contributed by atoms with Crippen LogP contribution in [0.4, 0.5) is 0 Å². The van der Waals surface area contributed by atoms with E-state index in [2.05, 4.69) is 131 Å². The minimum Gasteiger partial charge on any atom is -0.309 e. The normalized spacial score (nSPS) is 19.1. The second-order valence-corrected chi connectivity index (χ2v) is 10.8. The van der Waals surface area contributed by atoms with E-state index in [4.69, 9.17) is 0 Å². The van der Waals surface area contributed by atoms with Gasteiger partial charge in [0.15, 0.2) is 0 Å². The predicted octanol–water partition coefficient (Wildman–Crippen LogP) is 9.01. The third kappa shape index (κ3) is 2.89. The Morgan fingerprint density at radius 3 is 2.36 bits per heavy atom. The molecule has 2 heteroatoms. The minimum absolute atomic E-state index is 0.335. The van der Waals surface area contributed by atoms with Crippen molar-refractivity contribution in [3.05, 3.63) is 150 Å². The van der Waals surface area contributed by atoms with Crippen LogP contribution < -0.4 is 0 Å². The third-order valence-corrected chi connectivity index (χ3v) is 8.84. The van der Waals surface area contributed by atoms with E-state index in [0.29, 0.717) is 11.8 Å². The average Bonchev–Trinajstić information content (AvgIpc) is 3.50. The molecule has 2 atom stereocenters. The van der Waals surface area contributed by atoms with Gasteiger partial charge in [0.1, 0.15) is 0 Å². The molecule has 2 unspecified atom stereocenters. The van der Waals surface area contributed by atoms with Gasteiger partial charge < -0.3 is 4.57 Å². The van der Waals surface area contributed by atoms with E-state index in [1.54, 1.807) is 0 Å². The molecule has 3 aliphatic rings. The summed E-state index contributed by atoms with van der Waals surface area (Å²) in [6, 6.07) is 33.4. The summed E-state index contributed by atoms with van der Waals surface area (Å²) in [6.45, 7) is 0. The maximum atomic E-state index is 4.36. The molecule has 2 heterocycles. The van der Waals surface area contributed by atoms with Crippen molar-refractivity contribution in [1.29, 1.82) is 0 Å². The fourth-order valence-electron chi connectivity index (χ4n) is 7.17. The summed E-state index contributed by atoms with van der Waals surface area (Å²) in [4.78, 5) is 4.36. The van der Waals surface area contributed by atoms with Gasteiger partial charge in [-0.3, -0.25) is 4.98 Å². The van der Waals surface area contributed by atoms with Gasteiger partial charge in [-0.1, -0.05) is 85.0 Å². The van der Waals surface area contributed by atoms with Crippen molar-refractivity contribution in [2.75, 3.05) is 0 Å². The first kappa shape index (κ1) is 21.0. The molecule has 0 spiro atoms. The summed E-state index contributed by atoms with van der Waals surface area (Å²) < 4.78 is 2.42. The molecule has 0 saturated carbocycles. The Morgan fingerprint density at radius 2 is 1.44 bits per heavy atom. The summed E-state index contributed by atoms with van der Waals surface area (Å²) in [6.07, 6.45) is 15.5. The van der Waals surface area contributed by atoms with Crippen LogP contribution in [-0.4, -0.2) is 9.55 Å². The number of pyridine rings is 1. The number of benzene rings is 4. The molecule has 0 aliphatic heterocycles. The van der Waals surface area contributed by atoms with Crippen LogP contribution in [0.1, 0.15) is 16.7 Å². The molecular weight excluding hydrogens is 472 g/mol. The molecule has 0 saturated heterocycles. The topological polar surface area (TPSA) is 17.8 Å². The molecule has 0 bridgehead atoms. The molecule has 0 N–H and O–H groups in total. The zero-order valence-electron chi connectivity index (χ0n) is 21.3. The summed E-state index contributed by atoms with van der Waals surface area (Å²) in [5.74, 6) is 0.728. The predicted molar refractivity (Wildman–Crippen MR) is 163 cm³/mol. The molecule has 0 amide bonds. The molecule has 4 aromatic carbocycles. The Labute approximate surface area is 226 Å². The summed E-state index contributed by atoms with van der Waals surface area (Å²) in [7, 11) is 0. The lowest BCUT2D eigenvalue weighted by Gasteiger charge is -2.31. The Hall–Kier alpha value is -4.95. The molecule has 2 aromatic heterocycles. The van der Waals surface area contributed by atoms with E-state index >= 15 is 0 Å². The highest BCUT2D eigenvalue weighted by Gasteiger charge is 2.40. The Morgan fingerprint density at radius 1 is 0.615 bits per heavy atom. The van der Waals surface area contributed by atoms with Crippen molar-refractivity contribution in [3.8, 4) is 5.69 Å². The molecule has 2 nitrogen and oxygen atoms in total. The van der Waals surface area contributed by atoms with Crippen LogP contribution in [-0.2, 0) is 0 Å². The number of para-hydroxylation sites is 1. The van der Waals surface area contributed by atoms with Gasteiger partial charge in [0.2, 0.25) is 0 Å². The molecule has 39 heavy (non-hydrogen) atoms. The Kier molecular flexibility index (Phi) is 4.20. The number of nitrogens with zero attached hydrogens (tertiary/aromatic N) is 2. The van der Waals surface area contributed by atoms with E-state index in [1.165, 1.54) is 71.7 Å². The highest BCUT2D eigenvalue weighted by molar-refractivity contribution is 6.13. The molecule has 0 radical (unpaired) electrons. The van der Waals surface area contributed by atoms with Gasteiger partial charge in [-0.15, -0.1) is 0 Å². The van der Waals surface area contributed by atoms with Gasteiger partial charge in [0, 0.05) is 46.1 Å². The van der Waals surface area contributed by atoms with Crippen molar-refractivity contribution >= 4 is 49.3 Å². The van der Waals surface area contributed by atoms with Crippen molar-refractivity contribution in [1.82, 2.24) is 9.55 Å². The molecular formula is C37H24N2. The molecule has 0 fully saturated rings. The standard InChI is InChI=1S/C37H24N2/c1-2-10-29-28(9-1)32-13-6-12-31-27(15-16-33(29)37(31)32)24-7-5-8-26(19-24)39-35-14-4-3-11-30(35)34-20-25-22-38-18-17-23(25)21-36(34)39/h1-22,31,37H. The largest absolute Gasteiger partial charge is 0.309 e. The summed E-state index contributed by atoms with van der Waals surface area (Å²) in [5.41, 5.74) is 12.0. The number of hydrogen-bond donors (Lipinski definition) is 0. The summed E-state index contributed by atoms with van der Waals surface area (Å²) >= 11 is 0. The van der Waals surface area contributed by atoms with E-state index in [9.17, 15) is 0 Å². The minimum atomic E-state index is 0.335. The number of rotatable bonds is 2. The van der Waals surface area contributed by atoms with Gasteiger partial charge in [-0.05, 0) is 75.2 Å². The number of allylic oxidation sites excluding steroid dienone is 8. The molecule has 9 rings (SSSR count). The maximum Gasteiger partial charge on any atom is 0.0547 e. The van der Waals surface area contributed by atoms with Crippen LogP contribution in [0.2, 0.25) is 0 Å². The highest BCUT2D eigenvalue weighted by atomic mass is 15.0. The van der Waals surface area contributed by atoms with Crippen LogP contribution >= 0.6 is 0 Å². The summed E-state index contributed by atoms with van der Waals surface area (Å²) in [5, 5.41) is 4.90. The fraction of sp³-hybridized carbons (Fsp3) is 0.0541. The highest BCUT2D eigenvalue weighted by Crippen LogP contribution is 2.55. The van der Waals surface area contributed by atoms with Crippen LogP contribution in [0.3, 0.4) is 0 Å². The Balaban J connectivity index is 1.24. The van der Waals surface area contributed by atoms with Gasteiger partial charge in [-0.25, -0.2) is 0 Å². The monoisotopic (exact) mass is 496 g/mol. The zero-order valence-corrected chi connectivity index (χ0v) is 21.3. The van der Waals surface area contributed by atoms with Crippen LogP contribution in [0.25, 0.3) is 55.0 Å². The lowest BCUT2D eigenvalue weighted by atomic mass is 9.72. The van der Waals surface area contributed by atoms with Crippen molar-refractivity contribution < 1.29 is 0 Å². The smallest absolute Gasteiger partial charge is 0.0547 e. The zero-order chi connectivity index (χ0) is 25.5. The lowest BCUT2D eigenvalue weighted by molar-refractivity contribution is 0.725. The SMILES string of the molecule is C1=CC2C(c3cccc(-n4c5ccccc5c5cc6cnccc6cc54)c3)=CC=C3c4ccccc4C(=C1)C32. The van der Waals surface area contributed by atoms with Crippen LogP contribution in [0.5, 0.6) is 0 Å². The lowest BCUT2D eigenvalue weighted by Crippen LogP contribution is -2.18.